The minimum absolute atomic E-state index is 0.0579. The number of rotatable bonds is 10. The standard InChI is InChI=1S/C28H30ClNO5S/c1-19-2-8-25(9-3-19)35-15-14-20-16-21(4-13-28(31)32)27-12-7-24(18-22(27)17-20)30-36(33,34)26-10-5-23(29)6-11-26/h2-3,5-6,8-11,16-17,24,30H,4,7,12-15,18H2,1H3,(H,31,32). The minimum Gasteiger partial charge on any atom is -0.493 e. The molecule has 0 aliphatic heterocycles. The van der Waals surface area contributed by atoms with E-state index >= 15 is 0 Å². The lowest BCUT2D eigenvalue weighted by molar-refractivity contribution is -0.136. The maximum atomic E-state index is 12.9. The lowest BCUT2D eigenvalue weighted by Gasteiger charge is -2.28. The normalized spacial score (nSPS) is 15.3. The first-order chi connectivity index (χ1) is 17.2. The molecule has 0 aromatic heterocycles. The molecule has 0 spiro atoms. The first-order valence-electron chi connectivity index (χ1n) is 12.0. The number of sulfonamides is 1. The van der Waals surface area contributed by atoms with Crippen molar-refractivity contribution in [2.75, 3.05) is 6.61 Å². The van der Waals surface area contributed by atoms with Crippen LogP contribution >= 0.6 is 11.6 Å². The molecule has 1 aliphatic rings. The molecule has 2 N–H and O–H groups in total. The monoisotopic (exact) mass is 527 g/mol. The molecular formula is C28H30ClNO5S. The predicted octanol–water partition coefficient (Wildman–Crippen LogP) is 5.12. The smallest absolute Gasteiger partial charge is 0.303 e. The van der Waals surface area contributed by atoms with E-state index in [-0.39, 0.29) is 17.4 Å². The number of hydrogen-bond donors (Lipinski definition) is 2. The Morgan fingerprint density at radius 1 is 1.08 bits per heavy atom. The Labute approximate surface area is 217 Å². The second-order valence-corrected chi connectivity index (χ2v) is 11.4. The van der Waals surface area contributed by atoms with Gasteiger partial charge >= 0.3 is 5.97 Å². The van der Waals surface area contributed by atoms with Gasteiger partial charge in [-0.1, -0.05) is 41.4 Å². The maximum absolute atomic E-state index is 12.9. The number of hydrogen-bond acceptors (Lipinski definition) is 4. The van der Waals surface area contributed by atoms with E-state index in [1.54, 1.807) is 12.1 Å². The quantitative estimate of drug-likeness (QED) is 0.381. The van der Waals surface area contributed by atoms with Gasteiger partial charge in [-0.15, -0.1) is 0 Å². The maximum Gasteiger partial charge on any atom is 0.303 e. The van der Waals surface area contributed by atoms with Crippen molar-refractivity contribution in [2.45, 2.75) is 56.4 Å². The summed E-state index contributed by atoms with van der Waals surface area (Å²) in [5.41, 5.74) is 5.46. The van der Waals surface area contributed by atoms with Gasteiger partial charge in [0.05, 0.1) is 11.5 Å². The van der Waals surface area contributed by atoms with Crippen LogP contribution in [-0.2, 0) is 40.5 Å². The number of benzene rings is 3. The summed E-state index contributed by atoms with van der Waals surface area (Å²) in [6.45, 7) is 2.52. The van der Waals surface area contributed by atoms with Gasteiger partial charge in [0.1, 0.15) is 5.75 Å². The van der Waals surface area contributed by atoms with Gasteiger partial charge in [0, 0.05) is 23.9 Å². The molecule has 6 nitrogen and oxygen atoms in total. The highest BCUT2D eigenvalue weighted by Crippen LogP contribution is 2.29. The highest BCUT2D eigenvalue weighted by atomic mass is 35.5. The van der Waals surface area contributed by atoms with Crippen molar-refractivity contribution >= 4 is 27.6 Å². The summed E-state index contributed by atoms with van der Waals surface area (Å²) in [5.74, 6) is -0.0254. The van der Waals surface area contributed by atoms with Crippen molar-refractivity contribution in [3.05, 3.63) is 93.5 Å². The van der Waals surface area contributed by atoms with E-state index < -0.39 is 16.0 Å². The number of ether oxygens (including phenoxy) is 1. The highest BCUT2D eigenvalue weighted by Gasteiger charge is 2.26. The lowest BCUT2D eigenvalue weighted by atomic mass is 9.83. The Hall–Kier alpha value is -2.87. The van der Waals surface area contributed by atoms with E-state index in [9.17, 15) is 18.3 Å². The number of aryl methyl sites for hydroxylation is 2. The summed E-state index contributed by atoms with van der Waals surface area (Å²) in [7, 11) is -3.68. The Kier molecular flexibility index (Phi) is 8.34. The van der Waals surface area contributed by atoms with E-state index in [2.05, 4.69) is 16.9 Å². The molecule has 190 valence electrons. The summed E-state index contributed by atoms with van der Waals surface area (Å²) < 4.78 is 34.5. The fourth-order valence-electron chi connectivity index (χ4n) is 4.59. The molecule has 4 rings (SSSR count). The number of fused-ring (bicyclic) bond motifs is 1. The summed E-state index contributed by atoms with van der Waals surface area (Å²) in [6, 6.07) is 18.0. The minimum atomic E-state index is -3.68. The zero-order chi connectivity index (χ0) is 25.7. The molecule has 1 unspecified atom stereocenters. The Morgan fingerprint density at radius 2 is 1.81 bits per heavy atom. The third-order valence-electron chi connectivity index (χ3n) is 6.44. The van der Waals surface area contributed by atoms with Crippen LogP contribution in [0, 0.1) is 6.92 Å². The van der Waals surface area contributed by atoms with Crippen LogP contribution in [0.1, 0.15) is 40.7 Å². The predicted molar refractivity (Wildman–Crippen MR) is 140 cm³/mol. The Bertz CT molecular complexity index is 1320. The fraction of sp³-hybridized carbons (Fsp3) is 0.321. The van der Waals surface area contributed by atoms with Crippen molar-refractivity contribution in [2.24, 2.45) is 0 Å². The highest BCUT2D eigenvalue weighted by molar-refractivity contribution is 7.89. The molecule has 0 fully saturated rings. The van der Waals surface area contributed by atoms with Crippen molar-refractivity contribution in [3.8, 4) is 5.75 Å². The van der Waals surface area contributed by atoms with Crippen LogP contribution in [0.4, 0.5) is 0 Å². The molecule has 3 aromatic carbocycles. The van der Waals surface area contributed by atoms with Gasteiger partial charge in [0.15, 0.2) is 0 Å². The zero-order valence-corrected chi connectivity index (χ0v) is 21.7. The first kappa shape index (κ1) is 26.2. The number of halogens is 1. The van der Waals surface area contributed by atoms with Gasteiger partial charge < -0.3 is 9.84 Å². The van der Waals surface area contributed by atoms with Gasteiger partial charge in [-0.3, -0.25) is 4.79 Å². The third kappa shape index (κ3) is 6.87. The van der Waals surface area contributed by atoms with Crippen LogP contribution < -0.4 is 9.46 Å². The Balaban J connectivity index is 1.50. The molecule has 0 bridgehead atoms. The van der Waals surface area contributed by atoms with Crippen molar-refractivity contribution in [3.63, 3.8) is 0 Å². The van der Waals surface area contributed by atoms with E-state index in [1.165, 1.54) is 17.7 Å². The van der Waals surface area contributed by atoms with Gasteiger partial charge in [-0.2, -0.15) is 0 Å². The molecule has 3 aromatic rings. The molecule has 1 atom stereocenters. The molecule has 0 saturated heterocycles. The first-order valence-corrected chi connectivity index (χ1v) is 13.9. The molecule has 0 saturated carbocycles. The summed E-state index contributed by atoms with van der Waals surface area (Å²) in [5, 5.41) is 9.71. The van der Waals surface area contributed by atoms with Crippen LogP contribution in [0.3, 0.4) is 0 Å². The number of carboxylic acid groups (broad SMARTS) is 1. The average Bonchev–Trinajstić information content (AvgIpc) is 2.83. The van der Waals surface area contributed by atoms with Gasteiger partial charge in [-0.05, 0) is 91.3 Å². The van der Waals surface area contributed by atoms with Gasteiger partial charge in [0.2, 0.25) is 10.0 Å². The average molecular weight is 528 g/mol. The second-order valence-electron chi connectivity index (χ2n) is 9.21. The van der Waals surface area contributed by atoms with Crippen molar-refractivity contribution < 1.29 is 23.1 Å². The summed E-state index contributed by atoms with van der Waals surface area (Å²) in [6.07, 6.45) is 3.07. The molecule has 1 aliphatic carbocycles. The zero-order valence-electron chi connectivity index (χ0n) is 20.2. The van der Waals surface area contributed by atoms with Crippen LogP contribution in [0.2, 0.25) is 5.02 Å². The van der Waals surface area contributed by atoms with Gasteiger partial charge in [0.25, 0.3) is 0 Å². The topological polar surface area (TPSA) is 92.7 Å². The van der Waals surface area contributed by atoms with E-state index in [0.29, 0.717) is 43.7 Å². The van der Waals surface area contributed by atoms with Crippen molar-refractivity contribution in [1.82, 2.24) is 4.72 Å². The molecule has 0 amide bonds. The molecule has 36 heavy (non-hydrogen) atoms. The molecule has 0 heterocycles. The fourth-order valence-corrected chi connectivity index (χ4v) is 5.99. The largest absolute Gasteiger partial charge is 0.493 e. The number of carboxylic acids is 1. The summed E-state index contributed by atoms with van der Waals surface area (Å²) >= 11 is 5.90. The number of aliphatic carboxylic acids is 1. The van der Waals surface area contributed by atoms with Crippen molar-refractivity contribution in [1.29, 1.82) is 0 Å². The SMILES string of the molecule is Cc1ccc(OCCc2cc(CCC(=O)O)c3c(c2)CC(NS(=O)(=O)c2ccc(Cl)cc2)CC3)cc1. The molecule has 8 heteroatoms. The summed E-state index contributed by atoms with van der Waals surface area (Å²) in [4.78, 5) is 11.4. The van der Waals surface area contributed by atoms with Crippen LogP contribution in [0.5, 0.6) is 5.75 Å². The van der Waals surface area contributed by atoms with Crippen LogP contribution in [0.25, 0.3) is 0 Å². The van der Waals surface area contributed by atoms with Gasteiger partial charge in [-0.25, -0.2) is 13.1 Å². The number of carbonyl (C=O) groups is 1. The van der Waals surface area contributed by atoms with E-state index in [0.717, 1.165) is 28.0 Å². The number of nitrogens with one attached hydrogen (secondary N) is 1. The third-order valence-corrected chi connectivity index (χ3v) is 8.23. The molecular weight excluding hydrogens is 498 g/mol. The lowest BCUT2D eigenvalue weighted by Crippen LogP contribution is -2.39. The van der Waals surface area contributed by atoms with E-state index in [4.69, 9.17) is 16.3 Å². The van der Waals surface area contributed by atoms with Crippen LogP contribution in [0.15, 0.2) is 65.6 Å². The molecule has 0 radical (unpaired) electrons. The Morgan fingerprint density at radius 3 is 2.50 bits per heavy atom. The van der Waals surface area contributed by atoms with E-state index in [1.807, 2.05) is 31.2 Å². The van der Waals surface area contributed by atoms with Crippen LogP contribution in [-0.4, -0.2) is 32.1 Å². The second kappa shape index (κ2) is 11.5.